The minimum absolute atomic E-state index is 0.226. The van der Waals surface area contributed by atoms with Gasteiger partial charge in [0.1, 0.15) is 5.78 Å². The van der Waals surface area contributed by atoms with Gasteiger partial charge in [-0.2, -0.15) is 0 Å². The van der Waals surface area contributed by atoms with Crippen molar-refractivity contribution in [1.29, 1.82) is 0 Å². The lowest BCUT2D eigenvalue weighted by molar-refractivity contribution is -0.123. The molecule has 0 heterocycles. The summed E-state index contributed by atoms with van der Waals surface area (Å²) in [6, 6.07) is 0. The number of aliphatic hydroxyl groups excluding tert-OH is 1. The van der Waals surface area contributed by atoms with E-state index in [2.05, 4.69) is 0 Å². The lowest BCUT2D eigenvalue weighted by Crippen LogP contribution is -2.16. The first-order valence-electron chi connectivity index (χ1n) is 5.48. The van der Waals surface area contributed by atoms with Gasteiger partial charge in [0.2, 0.25) is 0 Å². The zero-order valence-electron chi connectivity index (χ0n) is 8.30. The van der Waals surface area contributed by atoms with Gasteiger partial charge in [-0.05, 0) is 25.7 Å². The van der Waals surface area contributed by atoms with Crippen molar-refractivity contribution in [1.82, 2.24) is 0 Å². The van der Waals surface area contributed by atoms with E-state index in [1.54, 1.807) is 0 Å². The van der Waals surface area contributed by atoms with Crippen molar-refractivity contribution in [2.75, 3.05) is 6.61 Å². The fraction of sp³-hybridized carbons (Fsp3) is 0.909. The van der Waals surface area contributed by atoms with E-state index in [9.17, 15) is 4.79 Å². The molecule has 0 bridgehead atoms. The Kier molecular flexibility index (Phi) is 5.06. The average Bonchev–Trinajstić information content (AvgIpc) is 2.11. The third kappa shape index (κ3) is 3.90. The summed E-state index contributed by atoms with van der Waals surface area (Å²) >= 11 is 0. The zero-order chi connectivity index (χ0) is 9.52. The molecule has 0 spiro atoms. The maximum atomic E-state index is 11.6. The maximum Gasteiger partial charge on any atom is 0.135 e. The molecule has 0 aliphatic heterocycles. The van der Waals surface area contributed by atoms with Crippen molar-refractivity contribution in [3.05, 3.63) is 0 Å². The van der Waals surface area contributed by atoms with Gasteiger partial charge in [-0.3, -0.25) is 4.79 Å². The van der Waals surface area contributed by atoms with E-state index >= 15 is 0 Å². The highest BCUT2D eigenvalue weighted by Gasteiger charge is 2.18. The van der Waals surface area contributed by atoms with Crippen LogP contribution in [-0.2, 0) is 4.79 Å². The second-order valence-electron chi connectivity index (χ2n) is 3.98. The van der Waals surface area contributed by atoms with Gasteiger partial charge < -0.3 is 5.11 Å². The number of Topliss-reactive ketones (excluding diaryl/α,β-unsaturated/α-hetero) is 1. The molecule has 0 aromatic carbocycles. The fourth-order valence-electron chi connectivity index (χ4n) is 2.05. The molecule has 1 aliphatic carbocycles. The second kappa shape index (κ2) is 6.14. The Hall–Kier alpha value is -0.370. The Morgan fingerprint density at radius 3 is 2.77 bits per heavy atom. The van der Waals surface area contributed by atoms with Crippen molar-refractivity contribution >= 4 is 5.78 Å². The van der Waals surface area contributed by atoms with Gasteiger partial charge in [0.05, 0.1) is 0 Å². The molecule has 0 radical (unpaired) electrons. The van der Waals surface area contributed by atoms with Gasteiger partial charge >= 0.3 is 0 Å². The predicted octanol–water partition coefficient (Wildman–Crippen LogP) is 2.30. The highest BCUT2D eigenvalue weighted by atomic mass is 16.2. The van der Waals surface area contributed by atoms with Crippen LogP contribution in [-0.4, -0.2) is 17.5 Å². The van der Waals surface area contributed by atoms with Gasteiger partial charge in [-0.25, -0.2) is 0 Å². The molecule has 13 heavy (non-hydrogen) atoms. The van der Waals surface area contributed by atoms with Crippen LogP contribution in [0.3, 0.4) is 0 Å². The normalized spacial score (nSPS) is 25.3. The lowest BCUT2D eigenvalue weighted by atomic mass is 9.87. The molecule has 0 amide bonds. The first kappa shape index (κ1) is 10.7. The molecule has 1 aliphatic rings. The Morgan fingerprint density at radius 2 is 2.00 bits per heavy atom. The SMILES string of the molecule is O=C1CCCCCCC1CCCO. The van der Waals surface area contributed by atoms with Crippen molar-refractivity contribution in [2.24, 2.45) is 5.92 Å². The standard InChI is InChI=1S/C11H20O2/c12-9-5-7-10-6-3-1-2-4-8-11(10)13/h10,12H,1-9H2. The van der Waals surface area contributed by atoms with E-state index in [4.69, 9.17) is 5.11 Å². The summed E-state index contributed by atoms with van der Waals surface area (Å²) in [5.74, 6) is 0.695. The van der Waals surface area contributed by atoms with Crippen LogP contribution in [0.2, 0.25) is 0 Å². The first-order chi connectivity index (χ1) is 6.34. The molecule has 1 saturated carbocycles. The van der Waals surface area contributed by atoms with E-state index in [0.717, 1.165) is 32.1 Å². The molecular weight excluding hydrogens is 164 g/mol. The summed E-state index contributed by atoms with van der Waals surface area (Å²) in [6.07, 6.45) is 8.29. The number of carbonyl (C=O) groups is 1. The molecular formula is C11H20O2. The van der Waals surface area contributed by atoms with Crippen LogP contribution < -0.4 is 0 Å². The smallest absolute Gasteiger partial charge is 0.135 e. The minimum Gasteiger partial charge on any atom is -0.396 e. The largest absolute Gasteiger partial charge is 0.396 e. The molecule has 1 N–H and O–H groups in total. The van der Waals surface area contributed by atoms with E-state index in [1.807, 2.05) is 0 Å². The maximum absolute atomic E-state index is 11.6. The van der Waals surface area contributed by atoms with Crippen LogP contribution >= 0.6 is 0 Å². The van der Waals surface area contributed by atoms with Crippen LogP contribution in [0.4, 0.5) is 0 Å². The molecule has 0 aromatic heterocycles. The van der Waals surface area contributed by atoms with E-state index in [1.165, 1.54) is 19.3 Å². The van der Waals surface area contributed by atoms with Gasteiger partial charge in [-0.1, -0.05) is 19.3 Å². The molecule has 2 nitrogen and oxygen atoms in total. The topological polar surface area (TPSA) is 37.3 Å². The first-order valence-corrected chi connectivity index (χ1v) is 5.48. The Balaban J connectivity index is 2.32. The Labute approximate surface area is 80.3 Å². The number of hydrogen-bond donors (Lipinski definition) is 1. The molecule has 0 saturated heterocycles. The van der Waals surface area contributed by atoms with Crippen molar-refractivity contribution < 1.29 is 9.90 Å². The third-order valence-corrected chi connectivity index (χ3v) is 2.89. The summed E-state index contributed by atoms with van der Waals surface area (Å²) in [6.45, 7) is 0.226. The lowest BCUT2D eigenvalue weighted by Gasteiger charge is -2.17. The van der Waals surface area contributed by atoms with Gasteiger partial charge in [0, 0.05) is 18.9 Å². The van der Waals surface area contributed by atoms with Gasteiger partial charge in [0.15, 0.2) is 0 Å². The third-order valence-electron chi connectivity index (χ3n) is 2.89. The highest BCUT2D eigenvalue weighted by Crippen LogP contribution is 2.22. The molecule has 0 aromatic rings. The molecule has 1 rings (SSSR count). The number of carbonyl (C=O) groups excluding carboxylic acids is 1. The van der Waals surface area contributed by atoms with Crippen LogP contribution in [0.15, 0.2) is 0 Å². The van der Waals surface area contributed by atoms with Crippen LogP contribution in [0.25, 0.3) is 0 Å². The zero-order valence-corrected chi connectivity index (χ0v) is 8.30. The van der Waals surface area contributed by atoms with Crippen molar-refractivity contribution in [3.8, 4) is 0 Å². The minimum atomic E-state index is 0.226. The summed E-state index contributed by atoms with van der Waals surface area (Å²) in [7, 11) is 0. The summed E-state index contributed by atoms with van der Waals surface area (Å²) < 4.78 is 0. The number of ketones is 1. The van der Waals surface area contributed by atoms with Crippen molar-refractivity contribution in [2.45, 2.75) is 51.4 Å². The van der Waals surface area contributed by atoms with Crippen molar-refractivity contribution in [3.63, 3.8) is 0 Å². The van der Waals surface area contributed by atoms with Gasteiger partial charge in [-0.15, -0.1) is 0 Å². The van der Waals surface area contributed by atoms with E-state index in [-0.39, 0.29) is 12.5 Å². The number of rotatable bonds is 3. The molecule has 2 heteroatoms. The molecule has 1 unspecified atom stereocenters. The summed E-state index contributed by atoms with van der Waals surface area (Å²) in [4.78, 5) is 11.6. The highest BCUT2D eigenvalue weighted by molar-refractivity contribution is 5.80. The Morgan fingerprint density at radius 1 is 1.23 bits per heavy atom. The monoisotopic (exact) mass is 184 g/mol. The fourth-order valence-corrected chi connectivity index (χ4v) is 2.05. The predicted molar refractivity (Wildman–Crippen MR) is 52.5 cm³/mol. The van der Waals surface area contributed by atoms with Crippen LogP contribution in [0.1, 0.15) is 51.4 Å². The molecule has 1 fully saturated rings. The Bertz CT molecular complexity index is 152. The van der Waals surface area contributed by atoms with Gasteiger partial charge in [0.25, 0.3) is 0 Å². The molecule has 1 atom stereocenters. The number of aliphatic hydroxyl groups is 1. The van der Waals surface area contributed by atoms with Crippen LogP contribution in [0, 0.1) is 5.92 Å². The molecule has 76 valence electrons. The van der Waals surface area contributed by atoms with E-state index in [0.29, 0.717) is 5.78 Å². The van der Waals surface area contributed by atoms with E-state index < -0.39 is 0 Å². The summed E-state index contributed by atoms with van der Waals surface area (Å²) in [5, 5.41) is 8.70. The average molecular weight is 184 g/mol. The van der Waals surface area contributed by atoms with Crippen LogP contribution in [0.5, 0.6) is 0 Å². The second-order valence-corrected chi connectivity index (χ2v) is 3.98. The summed E-state index contributed by atoms with van der Waals surface area (Å²) in [5.41, 5.74) is 0. The number of hydrogen-bond acceptors (Lipinski definition) is 2. The quantitative estimate of drug-likeness (QED) is 0.730.